The van der Waals surface area contributed by atoms with Gasteiger partial charge in [0.2, 0.25) is 5.91 Å². The fourth-order valence-electron chi connectivity index (χ4n) is 1.66. The van der Waals surface area contributed by atoms with E-state index in [4.69, 9.17) is 0 Å². The van der Waals surface area contributed by atoms with E-state index in [0.29, 0.717) is 24.2 Å². The van der Waals surface area contributed by atoms with E-state index in [1.807, 2.05) is 0 Å². The fraction of sp³-hybridized carbons (Fsp3) is 0.900. The van der Waals surface area contributed by atoms with Gasteiger partial charge in [0, 0.05) is 18.3 Å². The summed E-state index contributed by atoms with van der Waals surface area (Å²) < 4.78 is 24.4. The summed E-state index contributed by atoms with van der Waals surface area (Å²) in [4.78, 5) is 12.9. The number of hydrogen-bond donors (Lipinski definition) is 0. The molecule has 5 heteroatoms. The molecule has 0 spiro atoms. The number of nitrogens with zero attached hydrogens (tertiary/aromatic N) is 1. The van der Waals surface area contributed by atoms with Gasteiger partial charge in [-0.25, -0.2) is 8.78 Å². The summed E-state index contributed by atoms with van der Waals surface area (Å²) >= 11 is 3.17. The number of halogens is 3. The molecule has 0 N–H and O–H groups in total. The van der Waals surface area contributed by atoms with Gasteiger partial charge in [0.15, 0.2) is 0 Å². The predicted octanol–water partition coefficient (Wildman–Crippen LogP) is 2.67. The van der Waals surface area contributed by atoms with Crippen molar-refractivity contribution >= 4 is 21.8 Å². The Morgan fingerprint density at radius 1 is 1.47 bits per heavy atom. The van der Waals surface area contributed by atoms with Crippen molar-refractivity contribution in [2.24, 2.45) is 5.92 Å². The molecular formula is C10H16BrF2NO. The zero-order valence-electron chi connectivity index (χ0n) is 8.59. The molecule has 0 aliphatic heterocycles. The third kappa shape index (κ3) is 4.45. The lowest BCUT2D eigenvalue weighted by Gasteiger charge is -2.28. The highest BCUT2D eigenvalue weighted by molar-refractivity contribution is 9.09. The maximum atomic E-state index is 12.2. The van der Waals surface area contributed by atoms with Crippen LogP contribution in [0.1, 0.15) is 25.7 Å². The summed E-state index contributed by atoms with van der Waals surface area (Å²) in [6, 6.07) is 0. The highest BCUT2D eigenvalue weighted by Crippen LogP contribution is 2.29. The number of carbonyl (C=O) groups excluding carboxylic acids is 1. The molecule has 0 unspecified atom stereocenters. The molecule has 0 aromatic carbocycles. The van der Waals surface area contributed by atoms with E-state index in [1.54, 1.807) is 0 Å². The van der Waals surface area contributed by atoms with Gasteiger partial charge < -0.3 is 4.90 Å². The first kappa shape index (κ1) is 12.9. The molecule has 1 aliphatic rings. The van der Waals surface area contributed by atoms with Crippen LogP contribution in [0.2, 0.25) is 0 Å². The van der Waals surface area contributed by atoms with Crippen LogP contribution in [0.15, 0.2) is 0 Å². The predicted molar refractivity (Wildman–Crippen MR) is 58.3 cm³/mol. The molecule has 0 heterocycles. The van der Waals surface area contributed by atoms with Gasteiger partial charge in [-0.15, -0.1) is 0 Å². The first-order valence-corrected chi connectivity index (χ1v) is 6.37. The molecular weight excluding hydrogens is 268 g/mol. The molecule has 2 nitrogen and oxygen atoms in total. The Morgan fingerprint density at radius 3 is 2.53 bits per heavy atom. The van der Waals surface area contributed by atoms with Crippen molar-refractivity contribution in [3.05, 3.63) is 0 Å². The zero-order chi connectivity index (χ0) is 11.3. The quantitative estimate of drug-likeness (QED) is 0.687. The van der Waals surface area contributed by atoms with Crippen LogP contribution < -0.4 is 0 Å². The standard InChI is InChI=1S/C10H16BrF2NO/c11-4-5-14(7-9(12)13)10(15)6-8-2-1-3-8/h8-9H,1-7H2. The molecule has 1 saturated carbocycles. The van der Waals surface area contributed by atoms with E-state index in [0.717, 1.165) is 12.8 Å². The van der Waals surface area contributed by atoms with Crippen molar-refractivity contribution in [1.29, 1.82) is 0 Å². The van der Waals surface area contributed by atoms with E-state index in [2.05, 4.69) is 15.9 Å². The second-order valence-electron chi connectivity index (χ2n) is 3.92. The van der Waals surface area contributed by atoms with Crippen molar-refractivity contribution < 1.29 is 13.6 Å². The lowest BCUT2D eigenvalue weighted by Crippen LogP contribution is -2.38. The summed E-state index contributed by atoms with van der Waals surface area (Å²) in [6.45, 7) is -0.0625. The van der Waals surface area contributed by atoms with Gasteiger partial charge >= 0.3 is 0 Å². The molecule has 0 aromatic heterocycles. The van der Waals surface area contributed by atoms with Crippen molar-refractivity contribution in [3.63, 3.8) is 0 Å². The Kier molecular flexibility index (Phi) is 5.50. The van der Waals surface area contributed by atoms with Crippen LogP contribution in [-0.2, 0) is 4.79 Å². The van der Waals surface area contributed by atoms with Crippen molar-refractivity contribution in [3.8, 4) is 0 Å². The lowest BCUT2D eigenvalue weighted by atomic mass is 9.82. The molecule has 0 saturated heterocycles. The summed E-state index contributed by atoms with van der Waals surface area (Å²) in [6.07, 6.45) is 1.32. The zero-order valence-corrected chi connectivity index (χ0v) is 10.2. The first-order valence-electron chi connectivity index (χ1n) is 5.25. The summed E-state index contributed by atoms with van der Waals surface area (Å²) in [5.41, 5.74) is 0. The monoisotopic (exact) mass is 283 g/mol. The van der Waals surface area contributed by atoms with Crippen LogP contribution >= 0.6 is 15.9 Å². The maximum Gasteiger partial charge on any atom is 0.255 e. The Balaban J connectivity index is 2.34. The number of amides is 1. The Morgan fingerprint density at radius 2 is 2.13 bits per heavy atom. The molecule has 15 heavy (non-hydrogen) atoms. The molecule has 1 aliphatic carbocycles. The van der Waals surface area contributed by atoms with E-state index in [1.165, 1.54) is 11.3 Å². The van der Waals surface area contributed by atoms with Gasteiger partial charge in [-0.1, -0.05) is 22.4 Å². The smallest absolute Gasteiger partial charge is 0.255 e. The molecule has 0 bridgehead atoms. The molecule has 0 aromatic rings. The lowest BCUT2D eigenvalue weighted by molar-refractivity contribution is -0.134. The van der Waals surface area contributed by atoms with Crippen molar-refractivity contribution in [2.45, 2.75) is 32.1 Å². The molecule has 88 valence electrons. The van der Waals surface area contributed by atoms with Crippen LogP contribution in [0.5, 0.6) is 0 Å². The van der Waals surface area contributed by atoms with Crippen LogP contribution in [-0.4, -0.2) is 35.7 Å². The van der Waals surface area contributed by atoms with Gasteiger partial charge in [-0.3, -0.25) is 4.79 Å². The number of carbonyl (C=O) groups is 1. The van der Waals surface area contributed by atoms with E-state index < -0.39 is 13.0 Å². The van der Waals surface area contributed by atoms with Gasteiger partial charge in [-0.05, 0) is 18.8 Å². The highest BCUT2D eigenvalue weighted by Gasteiger charge is 2.24. The average Bonchev–Trinajstić information content (AvgIpc) is 2.09. The number of rotatable bonds is 6. The normalized spacial score (nSPS) is 16.5. The van der Waals surface area contributed by atoms with E-state index >= 15 is 0 Å². The second-order valence-corrected chi connectivity index (χ2v) is 4.71. The third-order valence-corrected chi connectivity index (χ3v) is 3.11. The van der Waals surface area contributed by atoms with E-state index in [-0.39, 0.29) is 5.91 Å². The minimum Gasteiger partial charge on any atom is -0.336 e. The third-order valence-electron chi connectivity index (χ3n) is 2.75. The number of hydrogen-bond acceptors (Lipinski definition) is 1. The first-order chi connectivity index (χ1) is 7.13. The van der Waals surface area contributed by atoms with Crippen LogP contribution in [0.3, 0.4) is 0 Å². The average molecular weight is 284 g/mol. The minimum absolute atomic E-state index is 0.126. The SMILES string of the molecule is O=C(CC1CCC1)N(CCBr)CC(F)F. The Bertz CT molecular complexity index is 210. The van der Waals surface area contributed by atoms with Crippen molar-refractivity contribution in [1.82, 2.24) is 4.90 Å². The van der Waals surface area contributed by atoms with Crippen LogP contribution in [0, 0.1) is 5.92 Å². The molecule has 1 rings (SSSR count). The van der Waals surface area contributed by atoms with Gasteiger partial charge in [0.1, 0.15) is 0 Å². The topological polar surface area (TPSA) is 20.3 Å². The Hall–Kier alpha value is -0.190. The summed E-state index contributed by atoms with van der Waals surface area (Å²) in [5, 5.41) is 0.552. The van der Waals surface area contributed by atoms with Gasteiger partial charge in [0.05, 0.1) is 6.54 Å². The fourth-order valence-corrected chi connectivity index (χ4v) is 2.09. The van der Waals surface area contributed by atoms with Crippen molar-refractivity contribution in [2.75, 3.05) is 18.4 Å². The molecule has 0 atom stereocenters. The van der Waals surface area contributed by atoms with E-state index in [9.17, 15) is 13.6 Å². The summed E-state index contributed by atoms with van der Waals surface area (Å²) in [7, 11) is 0. The highest BCUT2D eigenvalue weighted by atomic mass is 79.9. The minimum atomic E-state index is -2.44. The molecule has 1 amide bonds. The van der Waals surface area contributed by atoms with Crippen LogP contribution in [0.4, 0.5) is 8.78 Å². The molecule has 1 fully saturated rings. The maximum absolute atomic E-state index is 12.2. The van der Waals surface area contributed by atoms with Gasteiger partial charge in [-0.2, -0.15) is 0 Å². The van der Waals surface area contributed by atoms with Gasteiger partial charge in [0.25, 0.3) is 6.43 Å². The van der Waals surface area contributed by atoms with Crippen LogP contribution in [0.25, 0.3) is 0 Å². The molecule has 0 radical (unpaired) electrons. The Labute approximate surface area is 97.1 Å². The number of alkyl halides is 3. The summed E-state index contributed by atoms with van der Waals surface area (Å²) in [5.74, 6) is 0.312. The largest absolute Gasteiger partial charge is 0.336 e. The second kappa shape index (κ2) is 6.40.